The number of methoxy groups -OCH3 is 2. The molecule has 154 valence electrons. The average molecular weight is 398 g/mol. The fourth-order valence-electron chi connectivity index (χ4n) is 2.92. The van der Waals surface area contributed by atoms with Crippen molar-refractivity contribution in [2.24, 2.45) is 4.99 Å². The van der Waals surface area contributed by atoms with Crippen molar-refractivity contribution in [3.8, 4) is 17.2 Å². The Kier molecular flexibility index (Phi) is 7.47. The first kappa shape index (κ1) is 20.7. The zero-order valence-electron chi connectivity index (χ0n) is 16.7. The van der Waals surface area contributed by atoms with Gasteiger partial charge in [-0.1, -0.05) is 0 Å². The Morgan fingerprint density at radius 1 is 1.17 bits per heavy atom. The molecular formula is C22H26N2O5. The van der Waals surface area contributed by atoms with E-state index in [9.17, 15) is 4.79 Å². The number of ether oxygens (including phenoxy) is 4. The maximum Gasteiger partial charge on any atom is 0.258 e. The van der Waals surface area contributed by atoms with Crippen LogP contribution in [-0.4, -0.2) is 52.2 Å². The van der Waals surface area contributed by atoms with Gasteiger partial charge < -0.3 is 24.3 Å². The largest absolute Gasteiger partial charge is 0.497 e. The van der Waals surface area contributed by atoms with Crippen molar-refractivity contribution in [2.45, 2.75) is 18.9 Å². The van der Waals surface area contributed by atoms with Crippen molar-refractivity contribution >= 4 is 17.8 Å². The van der Waals surface area contributed by atoms with Crippen LogP contribution in [0.5, 0.6) is 17.2 Å². The van der Waals surface area contributed by atoms with Gasteiger partial charge in [-0.3, -0.25) is 9.79 Å². The molecule has 1 heterocycles. The van der Waals surface area contributed by atoms with Gasteiger partial charge in [0.15, 0.2) is 6.61 Å². The molecule has 0 aliphatic carbocycles. The van der Waals surface area contributed by atoms with Crippen molar-refractivity contribution in [3.63, 3.8) is 0 Å². The van der Waals surface area contributed by atoms with E-state index in [1.54, 1.807) is 38.6 Å². The van der Waals surface area contributed by atoms with Gasteiger partial charge in [-0.2, -0.15) is 0 Å². The molecule has 1 saturated heterocycles. The van der Waals surface area contributed by atoms with Crippen molar-refractivity contribution in [1.29, 1.82) is 0 Å². The van der Waals surface area contributed by atoms with Gasteiger partial charge in [0.2, 0.25) is 0 Å². The molecule has 0 radical (unpaired) electrons. The first-order valence-electron chi connectivity index (χ1n) is 9.55. The lowest BCUT2D eigenvalue weighted by Gasteiger charge is -2.11. The van der Waals surface area contributed by atoms with Crippen LogP contribution in [-0.2, 0) is 9.53 Å². The number of hydrogen-bond acceptors (Lipinski definition) is 6. The van der Waals surface area contributed by atoms with E-state index in [1.165, 1.54) is 0 Å². The molecule has 1 amide bonds. The Labute approximate surface area is 170 Å². The Bertz CT molecular complexity index is 830. The second-order valence-electron chi connectivity index (χ2n) is 6.59. The predicted molar refractivity (Wildman–Crippen MR) is 111 cm³/mol. The third-order valence-electron chi connectivity index (χ3n) is 4.54. The second kappa shape index (κ2) is 10.5. The van der Waals surface area contributed by atoms with Crippen LogP contribution in [0, 0.1) is 0 Å². The predicted octanol–water partition coefficient (Wildman–Crippen LogP) is 3.13. The van der Waals surface area contributed by atoms with Crippen molar-refractivity contribution < 1.29 is 23.7 Å². The van der Waals surface area contributed by atoms with Crippen LogP contribution in [0.4, 0.5) is 5.69 Å². The zero-order valence-corrected chi connectivity index (χ0v) is 16.7. The molecule has 29 heavy (non-hydrogen) atoms. The number of hydrogen-bond donors (Lipinski definition) is 1. The molecule has 2 aromatic carbocycles. The number of carbonyl (C=O) groups is 1. The molecule has 0 bridgehead atoms. The third-order valence-corrected chi connectivity index (χ3v) is 4.54. The van der Waals surface area contributed by atoms with E-state index in [-0.39, 0.29) is 18.6 Å². The van der Waals surface area contributed by atoms with E-state index >= 15 is 0 Å². The highest BCUT2D eigenvalue weighted by Crippen LogP contribution is 2.31. The van der Waals surface area contributed by atoms with E-state index in [0.717, 1.165) is 25.0 Å². The molecule has 7 nitrogen and oxygen atoms in total. The van der Waals surface area contributed by atoms with E-state index in [2.05, 4.69) is 10.3 Å². The molecular weight excluding hydrogens is 372 g/mol. The SMILES string of the molecule is COc1ccc(N=Cc2ccc(OCC(=O)NC[C@@H]3CCCO3)cc2)c(OC)c1. The minimum atomic E-state index is -0.155. The lowest BCUT2D eigenvalue weighted by atomic mass is 10.2. The minimum Gasteiger partial charge on any atom is -0.497 e. The third kappa shape index (κ3) is 6.22. The van der Waals surface area contributed by atoms with Crippen molar-refractivity contribution in [3.05, 3.63) is 48.0 Å². The van der Waals surface area contributed by atoms with Crippen LogP contribution in [0.2, 0.25) is 0 Å². The number of amides is 1. The molecule has 1 aliphatic heterocycles. The van der Waals surface area contributed by atoms with Gasteiger partial charge in [0, 0.05) is 25.4 Å². The Hall–Kier alpha value is -3.06. The minimum absolute atomic E-state index is 0.0246. The van der Waals surface area contributed by atoms with Crippen molar-refractivity contribution in [2.75, 3.05) is 34.0 Å². The van der Waals surface area contributed by atoms with Gasteiger partial charge in [0.25, 0.3) is 5.91 Å². The molecule has 7 heteroatoms. The van der Waals surface area contributed by atoms with Gasteiger partial charge in [-0.15, -0.1) is 0 Å². The summed E-state index contributed by atoms with van der Waals surface area (Å²) in [5, 5.41) is 2.83. The summed E-state index contributed by atoms with van der Waals surface area (Å²) < 4.78 is 21.5. The fraction of sp³-hybridized carbons (Fsp3) is 0.364. The molecule has 0 saturated carbocycles. The molecule has 0 unspecified atom stereocenters. The van der Waals surface area contributed by atoms with E-state index < -0.39 is 0 Å². The lowest BCUT2D eigenvalue weighted by molar-refractivity contribution is -0.123. The summed E-state index contributed by atoms with van der Waals surface area (Å²) in [7, 11) is 3.20. The first-order valence-corrected chi connectivity index (χ1v) is 9.55. The highest BCUT2D eigenvalue weighted by atomic mass is 16.5. The lowest BCUT2D eigenvalue weighted by Crippen LogP contribution is -2.35. The smallest absolute Gasteiger partial charge is 0.258 e. The van der Waals surface area contributed by atoms with E-state index in [4.69, 9.17) is 18.9 Å². The van der Waals surface area contributed by atoms with Crippen LogP contribution < -0.4 is 19.5 Å². The summed E-state index contributed by atoms with van der Waals surface area (Å²) in [6.45, 7) is 1.29. The maximum absolute atomic E-state index is 11.9. The summed E-state index contributed by atoms with van der Waals surface area (Å²) in [6, 6.07) is 12.8. The number of nitrogens with zero attached hydrogens (tertiary/aromatic N) is 1. The van der Waals surface area contributed by atoms with Crippen LogP contribution in [0.1, 0.15) is 18.4 Å². The number of rotatable bonds is 9. The van der Waals surface area contributed by atoms with Crippen LogP contribution in [0.25, 0.3) is 0 Å². The summed E-state index contributed by atoms with van der Waals surface area (Å²) in [6.07, 6.45) is 3.91. The molecule has 3 rings (SSSR count). The highest BCUT2D eigenvalue weighted by Gasteiger charge is 2.16. The van der Waals surface area contributed by atoms with Gasteiger partial charge >= 0.3 is 0 Å². The Morgan fingerprint density at radius 3 is 2.66 bits per heavy atom. The highest BCUT2D eigenvalue weighted by molar-refractivity contribution is 5.83. The molecule has 0 aromatic heterocycles. The second-order valence-corrected chi connectivity index (χ2v) is 6.59. The van der Waals surface area contributed by atoms with Gasteiger partial charge in [-0.25, -0.2) is 0 Å². The standard InChI is InChI=1S/C22H26N2O5/c1-26-18-9-10-20(21(12-18)27-2)23-13-16-5-7-17(8-6-16)29-15-22(25)24-14-19-4-3-11-28-19/h5-10,12-13,19H,3-4,11,14-15H2,1-2H3,(H,24,25)/t19-/m0/s1. The monoisotopic (exact) mass is 398 g/mol. The van der Waals surface area contributed by atoms with Crippen LogP contribution in [0.3, 0.4) is 0 Å². The first-order chi connectivity index (χ1) is 14.2. The zero-order chi connectivity index (χ0) is 20.5. The Balaban J connectivity index is 1.49. The van der Waals surface area contributed by atoms with Crippen molar-refractivity contribution in [1.82, 2.24) is 5.32 Å². The van der Waals surface area contributed by atoms with E-state index in [0.29, 0.717) is 29.5 Å². The molecule has 1 N–H and O–H groups in total. The van der Waals surface area contributed by atoms with E-state index in [1.807, 2.05) is 24.3 Å². The maximum atomic E-state index is 11.9. The molecule has 0 spiro atoms. The molecule has 1 atom stereocenters. The molecule has 1 aliphatic rings. The molecule has 2 aromatic rings. The van der Waals surface area contributed by atoms with Gasteiger partial charge in [0.05, 0.1) is 20.3 Å². The summed E-state index contributed by atoms with van der Waals surface area (Å²) in [5.41, 5.74) is 1.61. The fourth-order valence-corrected chi connectivity index (χ4v) is 2.92. The number of benzene rings is 2. The quantitative estimate of drug-likeness (QED) is 0.657. The summed E-state index contributed by atoms with van der Waals surface area (Å²) >= 11 is 0. The van der Waals surface area contributed by atoms with Crippen LogP contribution in [0.15, 0.2) is 47.5 Å². The van der Waals surface area contributed by atoms with Crippen LogP contribution >= 0.6 is 0 Å². The normalized spacial score (nSPS) is 16.0. The summed E-state index contributed by atoms with van der Waals surface area (Å²) in [5.74, 6) is 1.81. The summed E-state index contributed by atoms with van der Waals surface area (Å²) in [4.78, 5) is 16.3. The average Bonchev–Trinajstić information content (AvgIpc) is 3.29. The number of aliphatic imine (C=N–C) groups is 1. The Morgan fingerprint density at radius 2 is 1.97 bits per heavy atom. The topological polar surface area (TPSA) is 78.4 Å². The number of carbonyl (C=O) groups excluding carboxylic acids is 1. The molecule has 1 fully saturated rings. The van der Waals surface area contributed by atoms with Gasteiger partial charge in [-0.05, 0) is 54.8 Å². The van der Waals surface area contributed by atoms with Gasteiger partial charge in [0.1, 0.15) is 22.9 Å². The number of nitrogens with one attached hydrogen (secondary N) is 1.